The Morgan fingerprint density at radius 2 is 2.32 bits per heavy atom. The van der Waals surface area contributed by atoms with Gasteiger partial charge in [-0.25, -0.2) is 0 Å². The molecular weight excluding hydrogens is 240 g/mol. The maximum atomic E-state index is 8.83. The molecule has 0 radical (unpaired) electrons. The zero-order valence-corrected chi connectivity index (χ0v) is 11.5. The first kappa shape index (κ1) is 13.9. The van der Waals surface area contributed by atoms with Gasteiger partial charge in [0.2, 0.25) is 0 Å². The van der Waals surface area contributed by atoms with Crippen LogP contribution in [-0.2, 0) is 4.74 Å². The predicted molar refractivity (Wildman–Crippen MR) is 73.1 cm³/mol. The summed E-state index contributed by atoms with van der Waals surface area (Å²) < 4.78 is 11.3. The van der Waals surface area contributed by atoms with Crippen LogP contribution < -0.4 is 4.74 Å². The SMILES string of the molecule is C[C@@H]1CN(CCOc2cccc(C#N)c2)[C@H](C)CO1. The van der Waals surface area contributed by atoms with E-state index in [1.54, 1.807) is 12.1 Å². The molecule has 0 amide bonds. The van der Waals surface area contributed by atoms with Crippen molar-refractivity contribution in [3.8, 4) is 11.8 Å². The van der Waals surface area contributed by atoms with Crippen LogP contribution in [0.25, 0.3) is 0 Å². The van der Waals surface area contributed by atoms with Gasteiger partial charge in [0.1, 0.15) is 12.4 Å². The average Bonchev–Trinajstić information content (AvgIpc) is 2.43. The van der Waals surface area contributed by atoms with Crippen molar-refractivity contribution in [1.82, 2.24) is 4.90 Å². The molecule has 1 saturated heterocycles. The van der Waals surface area contributed by atoms with Crippen LogP contribution in [0.2, 0.25) is 0 Å². The molecule has 0 saturated carbocycles. The fourth-order valence-electron chi connectivity index (χ4n) is 2.22. The standard InChI is InChI=1S/C15H20N2O2/c1-12-11-19-13(2)10-17(12)6-7-18-15-5-3-4-14(8-15)9-16/h3-5,8,12-13H,6-7,10-11H2,1-2H3/t12-,13-/m1/s1. The van der Waals surface area contributed by atoms with E-state index in [4.69, 9.17) is 14.7 Å². The lowest BCUT2D eigenvalue weighted by atomic mass is 10.2. The van der Waals surface area contributed by atoms with Crippen LogP contribution in [0.4, 0.5) is 0 Å². The first-order chi connectivity index (χ1) is 9.19. The summed E-state index contributed by atoms with van der Waals surface area (Å²) in [6, 6.07) is 9.82. The van der Waals surface area contributed by atoms with Gasteiger partial charge in [-0.1, -0.05) is 6.07 Å². The molecule has 1 aromatic rings. The minimum Gasteiger partial charge on any atom is -0.492 e. The van der Waals surface area contributed by atoms with Crippen molar-refractivity contribution >= 4 is 0 Å². The van der Waals surface area contributed by atoms with E-state index >= 15 is 0 Å². The Bertz CT molecular complexity index is 456. The number of nitriles is 1. The number of ether oxygens (including phenoxy) is 2. The lowest BCUT2D eigenvalue weighted by molar-refractivity contribution is -0.0522. The highest BCUT2D eigenvalue weighted by molar-refractivity contribution is 5.36. The second-order valence-corrected chi connectivity index (χ2v) is 4.98. The van der Waals surface area contributed by atoms with Gasteiger partial charge in [0.05, 0.1) is 24.3 Å². The van der Waals surface area contributed by atoms with Gasteiger partial charge in [-0.2, -0.15) is 5.26 Å². The third kappa shape index (κ3) is 3.95. The van der Waals surface area contributed by atoms with Crippen molar-refractivity contribution in [1.29, 1.82) is 5.26 Å². The van der Waals surface area contributed by atoms with Crippen molar-refractivity contribution in [2.75, 3.05) is 26.3 Å². The summed E-state index contributed by atoms with van der Waals surface area (Å²) >= 11 is 0. The van der Waals surface area contributed by atoms with Gasteiger partial charge in [-0.15, -0.1) is 0 Å². The number of benzene rings is 1. The lowest BCUT2D eigenvalue weighted by Gasteiger charge is -2.36. The number of hydrogen-bond acceptors (Lipinski definition) is 4. The first-order valence-electron chi connectivity index (χ1n) is 6.67. The van der Waals surface area contributed by atoms with Gasteiger partial charge in [0.25, 0.3) is 0 Å². The molecule has 0 spiro atoms. The summed E-state index contributed by atoms with van der Waals surface area (Å²) in [5.41, 5.74) is 0.630. The molecular formula is C15H20N2O2. The normalized spacial score (nSPS) is 23.8. The van der Waals surface area contributed by atoms with E-state index in [2.05, 4.69) is 24.8 Å². The predicted octanol–water partition coefficient (Wildman–Crippen LogP) is 2.05. The molecule has 0 bridgehead atoms. The molecule has 0 N–H and O–H groups in total. The third-order valence-electron chi connectivity index (χ3n) is 3.35. The highest BCUT2D eigenvalue weighted by Crippen LogP contribution is 2.14. The molecule has 1 fully saturated rings. The van der Waals surface area contributed by atoms with E-state index in [0.29, 0.717) is 18.2 Å². The Labute approximate surface area is 114 Å². The Balaban J connectivity index is 1.81. The molecule has 1 heterocycles. The number of nitrogens with zero attached hydrogens (tertiary/aromatic N) is 2. The third-order valence-corrected chi connectivity index (χ3v) is 3.35. The van der Waals surface area contributed by atoms with E-state index in [1.807, 2.05) is 12.1 Å². The van der Waals surface area contributed by atoms with Crippen LogP contribution in [0.1, 0.15) is 19.4 Å². The van der Waals surface area contributed by atoms with Gasteiger partial charge in [-0.05, 0) is 32.0 Å². The summed E-state index contributed by atoms with van der Waals surface area (Å²) in [5.74, 6) is 0.757. The maximum absolute atomic E-state index is 8.83. The Kier molecular flexibility index (Phi) is 4.78. The quantitative estimate of drug-likeness (QED) is 0.831. The lowest BCUT2D eigenvalue weighted by Crippen LogP contribution is -2.48. The monoisotopic (exact) mass is 260 g/mol. The minimum atomic E-state index is 0.290. The molecule has 0 unspecified atom stereocenters. The van der Waals surface area contributed by atoms with Crippen LogP contribution >= 0.6 is 0 Å². The molecule has 4 heteroatoms. The van der Waals surface area contributed by atoms with E-state index in [9.17, 15) is 0 Å². The van der Waals surface area contributed by atoms with Crippen LogP contribution in [-0.4, -0.2) is 43.3 Å². The van der Waals surface area contributed by atoms with Crippen LogP contribution in [0.3, 0.4) is 0 Å². The summed E-state index contributed by atoms with van der Waals surface area (Å²) in [6.45, 7) is 7.50. The number of hydrogen-bond donors (Lipinski definition) is 0. The fourth-order valence-corrected chi connectivity index (χ4v) is 2.22. The van der Waals surface area contributed by atoms with Gasteiger partial charge >= 0.3 is 0 Å². The van der Waals surface area contributed by atoms with Gasteiger partial charge in [0, 0.05) is 19.1 Å². The zero-order chi connectivity index (χ0) is 13.7. The van der Waals surface area contributed by atoms with Gasteiger partial charge in [0.15, 0.2) is 0 Å². The van der Waals surface area contributed by atoms with Crippen molar-refractivity contribution in [3.63, 3.8) is 0 Å². The molecule has 102 valence electrons. The first-order valence-corrected chi connectivity index (χ1v) is 6.67. The van der Waals surface area contributed by atoms with E-state index in [1.165, 1.54) is 0 Å². The summed E-state index contributed by atoms with van der Waals surface area (Å²) in [7, 11) is 0. The topological polar surface area (TPSA) is 45.5 Å². The van der Waals surface area contributed by atoms with E-state index in [0.717, 1.165) is 25.4 Å². The van der Waals surface area contributed by atoms with Crippen LogP contribution in [0, 0.1) is 11.3 Å². The Morgan fingerprint density at radius 3 is 3.11 bits per heavy atom. The number of morpholine rings is 1. The highest BCUT2D eigenvalue weighted by Gasteiger charge is 2.22. The Morgan fingerprint density at radius 1 is 1.47 bits per heavy atom. The van der Waals surface area contributed by atoms with Gasteiger partial charge < -0.3 is 9.47 Å². The molecule has 1 aliphatic heterocycles. The van der Waals surface area contributed by atoms with E-state index in [-0.39, 0.29) is 6.10 Å². The summed E-state index contributed by atoms with van der Waals surface area (Å²) in [4.78, 5) is 2.38. The molecule has 2 atom stereocenters. The molecule has 4 nitrogen and oxygen atoms in total. The van der Waals surface area contributed by atoms with Crippen molar-refractivity contribution in [2.24, 2.45) is 0 Å². The minimum absolute atomic E-state index is 0.290. The maximum Gasteiger partial charge on any atom is 0.120 e. The highest BCUT2D eigenvalue weighted by atomic mass is 16.5. The van der Waals surface area contributed by atoms with Crippen LogP contribution in [0.5, 0.6) is 5.75 Å². The molecule has 2 rings (SSSR count). The smallest absolute Gasteiger partial charge is 0.120 e. The largest absolute Gasteiger partial charge is 0.492 e. The Hall–Kier alpha value is -1.57. The molecule has 0 aliphatic carbocycles. The summed E-state index contributed by atoms with van der Waals surface area (Å²) in [6.07, 6.45) is 0.290. The molecule has 1 aliphatic rings. The fraction of sp³-hybridized carbons (Fsp3) is 0.533. The van der Waals surface area contributed by atoms with E-state index < -0.39 is 0 Å². The van der Waals surface area contributed by atoms with Gasteiger partial charge in [-0.3, -0.25) is 4.90 Å². The molecule has 0 aromatic heterocycles. The summed E-state index contributed by atoms with van der Waals surface area (Å²) in [5, 5.41) is 8.83. The molecule has 19 heavy (non-hydrogen) atoms. The van der Waals surface area contributed by atoms with Crippen molar-refractivity contribution in [3.05, 3.63) is 29.8 Å². The van der Waals surface area contributed by atoms with Crippen molar-refractivity contribution in [2.45, 2.75) is 26.0 Å². The van der Waals surface area contributed by atoms with Crippen LogP contribution in [0.15, 0.2) is 24.3 Å². The van der Waals surface area contributed by atoms with Crippen molar-refractivity contribution < 1.29 is 9.47 Å². The average molecular weight is 260 g/mol. The number of rotatable bonds is 4. The zero-order valence-electron chi connectivity index (χ0n) is 11.5. The molecule has 1 aromatic carbocycles. The second-order valence-electron chi connectivity index (χ2n) is 4.98. The second kappa shape index (κ2) is 6.55.